The molecule has 1 N–H and O–H groups in total. The van der Waals surface area contributed by atoms with Crippen molar-refractivity contribution < 1.29 is 18.0 Å². The van der Waals surface area contributed by atoms with E-state index in [-0.39, 0.29) is 16.2 Å². The second-order valence-electron chi connectivity index (χ2n) is 7.33. The van der Waals surface area contributed by atoms with Gasteiger partial charge in [-0.1, -0.05) is 12.1 Å². The summed E-state index contributed by atoms with van der Waals surface area (Å²) in [5.41, 5.74) is -0.0674. The maximum Gasteiger partial charge on any atom is 0.316 e. The molecule has 0 bridgehead atoms. The van der Waals surface area contributed by atoms with Crippen molar-refractivity contribution in [2.24, 2.45) is 14.1 Å². The molecule has 1 heterocycles. The predicted octanol–water partition coefficient (Wildman–Crippen LogP) is 0.699. The fourth-order valence-corrected chi connectivity index (χ4v) is 4.35. The van der Waals surface area contributed by atoms with E-state index in [1.165, 1.54) is 52.3 Å². The van der Waals surface area contributed by atoms with Gasteiger partial charge in [-0.3, -0.25) is 19.2 Å². The first-order valence-electron chi connectivity index (χ1n) is 9.50. The smallest absolute Gasteiger partial charge is 0.316 e. The average Bonchev–Trinajstić information content (AvgIpc) is 2.75. The molecule has 0 unspecified atom stereocenters. The third kappa shape index (κ3) is 4.25. The third-order valence-corrected chi connectivity index (χ3v) is 6.89. The van der Waals surface area contributed by atoms with Gasteiger partial charge in [-0.15, -0.1) is 0 Å². The zero-order valence-corrected chi connectivity index (χ0v) is 18.8. The Kier molecular flexibility index (Phi) is 6.15. The predicted molar refractivity (Wildman–Crippen MR) is 119 cm³/mol. The molecule has 0 saturated carbocycles. The molecule has 0 spiro atoms. The molecular weight excluding hydrogens is 436 g/mol. The van der Waals surface area contributed by atoms with Gasteiger partial charge in [-0.2, -0.15) is 4.31 Å². The van der Waals surface area contributed by atoms with Gasteiger partial charge >= 0.3 is 11.1 Å². The van der Waals surface area contributed by atoms with Crippen LogP contribution in [0.5, 0.6) is 0 Å². The standard InChI is InChI=1S/C21H22N4O6S/c1-13(26)14-6-5-7-15(10-14)22-19(27)12-23(2)32(30,31)16-8-9-17-18(11-16)25(4)21(29)20(28)24(17)3/h5-11H,12H2,1-4H3,(H,22,27). The molecule has 1 aromatic heterocycles. The molecule has 0 aliphatic carbocycles. The highest BCUT2D eigenvalue weighted by atomic mass is 32.2. The summed E-state index contributed by atoms with van der Waals surface area (Å²) in [6, 6.07) is 10.3. The highest BCUT2D eigenvalue weighted by Crippen LogP contribution is 2.20. The Morgan fingerprint density at radius 3 is 2.22 bits per heavy atom. The highest BCUT2D eigenvalue weighted by molar-refractivity contribution is 7.89. The summed E-state index contributed by atoms with van der Waals surface area (Å²) in [5.74, 6) is -0.753. The number of nitrogens with one attached hydrogen (secondary N) is 1. The molecule has 0 atom stereocenters. The SMILES string of the molecule is CC(=O)c1cccc(NC(=O)CN(C)S(=O)(=O)c2ccc3c(c2)n(C)c(=O)c(=O)n3C)c1. The lowest BCUT2D eigenvalue weighted by Crippen LogP contribution is -2.39. The van der Waals surface area contributed by atoms with Crippen LogP contribution in [-0.4, -0.2) is 47.1 Å². The molecule has 32 heavy (non-hydrogen) atoms. The summed E-state index contributed by atoms with van der Waals surface area (Å²) in [7, 11) is -0.00942. The number of aromatic nitrogens is 2. The van der Waals surface area contributed by atoms with Gasteiger partial charge in [0.2, 0.25) is 15.9 Å². The molecule has 10 nitrogen and oxygen atoms in total. The van der Waals surface area contributed by atoms with Crippen LogP contribution in [-0.2, 0) is 28.9 Å². The summed E-state index contributed by atoms with van der Waals surface area (Å²) in [6.07, 6.45) is 0. The van der Waals surface area contributed by atoms with Crippen molar-refractivity contribution in [2.45, 2.75) is 11.8 Å². The van der Waals surface area contributed by atoms with Crippen molar-refractivity contribution in [3.05, 3.63) is 68.7 Å². The number of benzene rings is 2. The third-order valence-electron chi connectivity index (χ3n) is 5.09. The minimum Gasteiger partial charge on any atom is -0.325 e. The number of hydrogen-bond donors (Lipinski definition) is 1. The van der Waals surface area contributed by atoms with Gasteiger partial charge in [-0.05, 0) is 37.3 Å². The highest BCUT2D eigenvalue weighted by Gasteiger charge is 2.24. The Morgan fingerprint density at radius 1 is 0.969 bits per heavy atom. The number of fused-ring (bicyclic) bond motifs is 1. The van der Waals surface area contributed by atoms with E-state index in [0.29, 0.717) is 16.8 Å². The van der Waals surface area contributed by atoms with E-state index in [4.69, 9.17) is 0 Å². The van der Waals surface area contributed by atoms with Crippen molar-refractivity contribution >= 4 is 38.4 Å². The van der Waals surface area contributed by atoms with Crippen molar-refractivity contribution in [1.82, 2.24) is 13.4 Å². The zero-order valence-electron chi connectivity index (χ0n) is 17.9. The van der Waals surface area contributed by atoms with E-state index in [2.05, 4.69) is 5.32 Å². The van der Waals surface area contributed by atoms with Crippen molar-refractivity contribution in [3.63, 3.8) is 0 Å². The average molecular weight is 458 g/mol. The molecule has 0 saturated heterocycles. The van der Waals surface area contributed by atoms with E-state index >= 15 is 0 Å². The van der Waals surface area contributed by atoms with Gasteiger partial charge in [0.15, 0.2) is 5.78 Å². The Balaban J connectivity index is 1.87. The quantitative estimate of drug-likeness (QED) is 0.428. The summed E-state index contributed by atoms with van der Waals surface area (Å²) >= 11 is 0. The van der Waals surface area contributed by atoms with Gasteiger partial charge in [0.1, 0.15) is 0 Å². The number of likely N-dealkylation sites (N-methyl/N-ethyl adjacent to an activating group) is 1. The van der Waals surface area contributed by atoms with Crippen LogP contribution >= 0.6 is 0 Å². The summed E-state index contributed by atoms with van der Waals surface area (Å²) in [5, 5.41) is 2.57. The Labute approximate surface area is 183 Å². The van der Waals surface area contributed by atoms with Gasteiger partial charge < -0.3 is 14.5 Å². The van der Waals surface area contributed by atoms with Gasteiger partial charge in [0, 0.05) is 32.4 Å². The molecule has 0 radical (unpaired) electrons. The lowest BCUT2D eigenvalue weighted by Gasteiger charge is -2.18. The number of amides is 1. The van der Waals surface area contributed by atoms with E-state index in [9.17, 15) is 27.6 Å². The van der Waals surface area contributed by atoms with Crippen molar-refractivity contribution in [3.8, 4) is 0 Å². The van der Waals surface area contributed by atoms with E-state index in [1.807, 2.05) is 0 Å². The minimum atomic E-state index is -4.08. The fraction of sp³-hybridized carbons (Fsp3) is 0.238. The first-order valence-corrected chi connectivity index (χ1v) is 10.9. The van der Waals surface area contributed by atoms with E-state index in [1.54, 1.807) is 18.2 Å². The number of sulfonamides is 1. The van der Waals surface area contributed by atoms with Crippen LogP contribution in [0.15, 0.2) is 56.9 Å². The number of rotatable bonds is 6. The van der Waals surface area contributed by atoms with Gasteiger partial charge in [-0.25, -0.2) is 8.42 Å². The normalized spacial score (nSPS) is 11.7. The van der Waals surface area contributed by atoms with E-state index < -0.39 is 33.6 Å². The lowest BCUT2D eigenvalue weighted by molar-refractivity contribution is -0.116. The lowest BCUT2D eigenvalue weighted by atomic mass is 10.1. The van der Waals surface area contributed by atoms with Crippen molar-refractivity contribution in [2.75, 3.05) is 18.9 Å². The zero-order chi connectivity index (χ0) is 23.8. The molecule has 11 heteroatoms. The molecule has 0 aliphatic rings. The molecule has 168 valence electrons. The van der Waals surface area contributed by atoms with Crippen LogP contribution in [0, 0.1) is 0 Å². The first kappa shape index (κ1) is 23.1. The monoisotopic (exact) mass is 458 g/mol. The van der Waals surface area contributed by atoms with Crippen molar-refractivity contribution in [1.29, 1.82) is 0 Å². The van der Waals surface area contributed by atoms with Crippen LogP contribution < -0.4 is 16.4 Å². The number of aryl methyl sites for hydroxylation is 2. The number of carbonyl (C=O) groups is 2. The molecule has 3 rings (SSSR count). The number of hydrogen-bond acceptors (Lipinski definition) is 6. The van der Waals surface area contributed by atoms with Crippen LogP contribution in [0.1, 0.15) is 17.3 Å². The summed E-state index contributed by atoms with van der Waals surface area (Å²) in [6.45, 7) is 0.926. The van der Waals surface area contributed by atoms with Crippen LogP contribution in [0.3, 0.4) is 0 Å². The van der Waals surface area contributed by atoms with E-state index in [0.717, 1.165) is 13.4 Å². The second-order valence-corrected chi connectivity index (χ2v) is 9.37. The number of ketones is 1. The summed E-state index contributed by atoms with van der Waals surface area (Å²) < 4.78 is 29.1. The molecule has 1 amide bonds. The number of anilines is 1. The van der Waals surface area contributed by atoms with Crippen LogP contribution in [0.25, 0.3) is 11.0 Å². The Bertz CT molecular complexity index is 1470. The Morgan fingerprint density at radius 2 is 1.59 bits per heavy atom. The number of nitrogens with zero attached hydrogens (tertiary/aromatic N) is 3. The molecule has 2 aromatic carbocycles. The maximum atomic E-state index is 13.0. The van der Waals surface area contributed by atoms with Crippen LogP contribution in [0.2, 0.25) is 0 Å². The molecule has 0 aliphatic heterocycles. The minimum absolute atomic E-state index is 0.132. The molecule has 3 aromatic rings. The molecule has 0 fully saturated rings. The topological polar surface area (TPSA) is 128 Å². The van der Waals surface area contributed by atoms with Crippen LogP contribution in [0.4, 0.5) is 5.69 Å². The van der Waals surface area contributed by atoms with Gasteiger partial charge in [0.25, 0.3) is 0 Å². The first-order chi connectivity index (χ1) is 14.9. The maximum absolute atomic E-state index is 13.0. The molecular formula is C21H22N4O6S. The fourth-order valence-electron chi connectivity index (χ4n) is 3.21. The summed E-state index contributed by atoms with van der Waals surface area (Å²) in [4.78, 5) is 47.8. The largest absolute Gasteiger partial charge is 0.325 e. The Hall–Kier alpha value is -3.57. The number of carbonyl (C=O) groups excluding carboxylic acids is 2. The van der Waals surface area contributed by atoms with Gasteiger partial charge in [0.05, 0.1) is 22.5 Å². The second kappa shape index (κ2) is 8.52. The number of Topliss-reactive ketones (excluding diaryl/α,β-unsaturated/α-hetero) is 1.